The lowest BCUT2D eigenvalue weighted by Gasteiger charge is -2.18. The van der Waals surface area contributed by atoms with E-state index in [9.17, 15) is 4.39 Å². The summed E-state index contributed by atoms with van der Waals surface area (Å²) in [6.07, 6.45) is 0. The molecule has 1 heterocycles. The number of thiocarbonyl (C=S) groups is 1. The third-order valence-corrected chi connectivity index (χ3v) is 4.26. The van der Waals surface area contributed by atoms with Crippen LogP contribution in [0.4, 0.5) is 4.39 Å². The van der Waals surface area contributed by atoms with Gasteiger partial charge in [0.25, 0.3) is 0 Å². The van der Waals surface area contributed by atoms with Gasteiger partial charge in [0.2, 0.25) is 0 Å². The molecule has 0 amide bonds. The summed E-state index contributed by atoms with van der Waals surface area (Å²) in [4.78, 5) is 3.51. The Morgan fingerprint density at radius 1 is 1.35 bits per heavy atom. The number of nitrogens with zero attached hydrogens (tertiary/aromatic N) is 1. The molecule has 6 heteroatoms. The number of thiophene rings is 1. The SMILES string of the molecule is CN(Cc1ccc(Cl)s1)Cc1cc(F)ccc1C(N)=S. The Kier molecular flexibility index (Phi) is 5.10. The van der Waals surface area contributed by atoms with Crippen molar-refractivity contribution in [2.45, 2.75) is 13.1 Å². The van der Waals surface area contributed by atoms with Gasteiger partial charge in [-0.15, -0.1) is 11.3 Å². The molecule has 0 fully saturated rings. The smallest absolute Gasteiger partial charge is 0.123 e. The largest absolute Gasteiger partial charge is 0.389 e. The molecule has 1 aromatic heterocycles. The van der Waals surface area contributed by atoms with Crippen LogP contribution in [0.2, 0.25) is 4.34 Å². The van der Waals surface area contributed by atoms with E-state index in [0.717, 1.165) is 26.9 Å². The van der Waals surface area contributed by atoms with Crippen molar-refractivity contribution in [1.82, 2.24) is 4.90 Å². The van der Waals surface area contributed by atoms with Crippen LogP contribution in [-0.4, -0.2) is 16.9 Å². The standard InChI is InChI=1S/C14H14ClFN2S2/c1-18(8-11-3-5-13(15)20-11)7-9-6-10(16)2-4-12(9)14(17)19/h2-6H,7-8H2,1H3,(H2,17,19). The topological polar surface area (TPSA) is 29.3 Å². The molecule has 0 aliphatic heterocycles. The van der Waals surface area contributed by atoms with E-state index in [2.05, 4.69) is 4.90 Å². The van der Waals surface area contributed by atoms with Crippen LogP contribution >= 0.6 is 35.2 Å². The van der Waals surface area contributed by atoms with Gasteiger partial charge in [-0.1, -0.05) is 23.8 Å². The molecule has 1 aromatic carbocycles. The second kappa shape index (κ2) is 6.63. The predicted molar refractivity (Wildman–Crippen MR) is 86.8 cm³/mol. The first kappa shape index (κ1) is 15.4. The van der Waals surface area contributed by atoms with E-state index in [1.54, 1.807) is 6.07 Å². The second-order valence-electron chi connectivity index (χ2n) is 4.54. The molecule has 0 bridgehead atoms. The fraction of sp³-hybridized carbons (Fsp3) is 0.214. The van der Waals surface area contributed by atoms with Gasteiger partial charge in [0.1, 0.15) is 10.8 Å². The molecule has 106 valence electrons. The van der Waals surface area contributed by atoms with Crippen LogP contribution in [0.25, 0.3) is 0 Å². The van der Waals surface area contributed by atoms with Crippen molar-refractivity contribution in [3.63, 3.8) is 0 Å². The van der Waals surface area contributed by atoms with Crippen molar-refractivity contribution in [2.24, 2.45) is 5.73 Å². The third-order valence-electron chi connectivity index (χ3n) is 2.83. The minimum absolute atomic E-state index is 0.285. The fourth-order valence-corrected chi connectivity index (χ4v) is 3.35. The molecular formula is C14H14ClFN2S2. The maximum Gasteiger partial charge on any atom is 0.123 e. The van der Waals surface area contributed by atoms with E-state index < -0.39 is 0 Å². The highest BCUT2D eigenvalue weighted by Gasteiger charge is 2.10. The first-order chi connectivity index (χ1) is 9.45. The van der Waals surface area contributed by atoms with Gasteiger partial charge in [0, 0.05) is 23.5 Å². The normalized spacial score (nSPS) is 11.0. The number of hydrogen-bond acceptors (Lipinski definition) is 3. The molecule has 0 unspecified atom stereocenters. The molecular weight excluding hydrogens is 315 g/mol. The lowest BCUT2D eigenvalue weighted by Crippen LogP contribution is -2.20. The number of rotatable bonds is 5. The number of nitrogens with two attached hydrogens (primary N) is 1. The molecule has 0 saturated heterocycles. The number of hydrogen-bond donors (Lipinski definition) is 1. The Balaban J connectivity index is 2.12. The molecule has 20 heavy (non-hydrogen) atoms. The minimum atomic E-state index is -0.285. The third kappa shape index (κ3) is 3.99. The summed E-state index contributed by atoms with van der Waals surface area (Å²) in [7, 11) is 1.96. The van der Waals surface area contributed by atoms with E-state index in [1.165, 1.54) is 23.5 Å². The Hall–Kier alpha value is -1.01. The Bertz CT molecular complexity index is 627. The zero-order chi connectivity index (χ0) is 14.7. The van der Waals surface area contributed by atoms with E-state index in [4.69, 9.17) is 29.6 Å². The van der Waals surface area contributed by atoms with E-state index in [0.29, 0.717) is 6.54 Å². The maximum absolute atomic E-state index is 13.4. The zero-order valence-corrected chi connectivity index (χ0v) is 13.3. The van der Waals surface area contributed by atoms with Crippen molar-refractivity contribution in [3.05, 3.63) is 56.5 Å². The van der Waals surface area contributed by atoms with Crippen LogP contribution in [0, 0.1) is 5.82 Å². The summed E-state index contributed by atoms with van der Waals surface area (Å²) in [6.45, 7) is 1.31. The highest BCUT2D eigenvalue weighted by atomic mass is 35.5. The average Bonchev–Trinajstić information content (AvgIpc) is 2.74. The van der Waals surface area contributed by atoms with Gasteiger partial charge >= 0.3 is 0 Å². The average molecular weight is 329 g/mol. The van der Waals surface area contributed by atoms with Gasteiger partial charge < -0.3 is 5.73 Å². The molecule has 0 spiro atoms. The van der Waals surface area contributed by atoms with Crippen molar-refractivity contribution in [3.8, 4) is 0 Å². The van der Waals surface area contributed by atoms with E-state index in [1.807, 2.05) is 19.2 Å². The van der Waals surface area contributed by atoms with Gasteiger partial charge in [-0.3, -0.25) is 4.90 Å². The molecule has 0 aliphatic rings. The lowest BCUT2D eigenvalue weighted by molar-refractivity contribution is 0.321. The first-order valence-corrected chi connectivity index (χ1v) is 7.57. The minimum Gasteiger partial charge on any atom is -0.389 e. The van der Waals surface area contributed by atoms with E-state index in [-0.39, 0.29) is 10.8 Å². The molecule has 2 N–H and O–H groups in total. The Morgan fingerprint density at radius 3 is 2.70 bits per heavy atom. The first-order valence-electron chi connectivity index (χ1n) is 5.96. The Labute approximate surface area is 132 Å². The van der Waals surface area contributed by atoms with Crippen LogP contribution in [0.15, 0.2) is 30.3 Å². The van der Waals surface area contributed by atoms with Gasteiger partial charge in [0.05, 0.1) is 4.34 Å². The summed E-state index contributed by atoms with van der Waals surface area (Å²) >= 11 is 12.4. The summed E-state index contributed by atoms with van der Waals surface area (Å²) in [5, 5.41) is 0. The van der Waals surface area contributed by atoms with Crippen LogP contribution in [0.1, 0.15) is 16.0 Å². The van der Waals surface area contributed by atoms with Crippen LogP contribution in [-0.2, 0) is 13.1 Å². The molecule has 0 saturated carbocycles. The molecule has 0 radical (unpaired) electrons. The summed E-state index contributed by atoms with van der Waals surface area (Å²) in [6, 6.07) is 8.34. The zero-order valence-electron chi connectivity index (χ0n) is 10.9. The van der Waals surface area contributed by atoms with Gasteiger partial charge in [-0.05, 0) is 42.9 Å². The van der Waals surface area contributed by atoms with Crippen LogP contribution in [0.5, 0.6) is 0 Å². The number of halogens is 2. The second-order valence-corrected chi connectivity index (χ2v) is 6.78. The van der Waals surface area contributed by atoms with Crippen molar-refractivity contribution in [1.29, 1.82) is 0 Å². The van der Waals surface area contributed by atoms with Crippen molar-refractivity contribution < 1.29 is 4.39 Å². The highest BCUT2D eigenvalue weighted by molar-refractivity contribution is 7.80. The van der Waals surface area contributed by atoms with Crippen molar-refractivity contribution >= 4 is 40.1 Å². The highest BCUT2D eigenvalue weighted by Crippen LogP contribution is 2.23. The van der Waals surface area contributed by atoms with Gasteiger partial charge in [0.15, 0.2) is 0 Å². The molecule has 2 rings (SSSR count). The Morgan fingerprint density at radius 2 is 2.10 bits per heavy atom. The molecule has 2 aromatic rings. The van der Waals surface area contributed by atoms with Crippen molar-refractivity contribution in [2.75, 3.05) is 7.05 Å². The molecule has 2 nitrogen and oxygen atoms in total. The lowest BCUT2D eigenvalue weighted by atomic mass is 10.1. The van der Waals surface area contributed by atoms with Gasteiger partial charge in [-0.25, -0.2) is 4.39 Å². The van der Waals surface area contributed by atoms with Gasteiger partial charge in [-0.2, -0.15) is 0 Å². The summed E-state index contributed by atoms with van der Waals surface area (Å²) in [5.41, 5.74) is 7.19. The fourth-order valence-electron chi connectivity index (χ4n) is 1.98. The van der Waals surface area contributed by atoms with E-state index >= 15 is 0 Å². The monoisotopic (exact) mass is 328 g/mol. The molecule has 0 atom stereocenters. The van der Waals surface area contributed by atoms with Crippen LogP contribution < -0.4 is 5.73 Å². The van der Waals surface area contributed by atoms with Crippen LogP contribution in [0.3, 0.4) is 0 Å². The maximum atomic E-state index is 13.4. The number of benzene rings is 1. The summed E-state index contributed by atoms with van der Waals surface area (Å²) < 4.78 is 14.1. The molecule has 0 aliphatic carbocycles. The summed E-state index contributed by atoms with van der Waals surface area (Å²) in [5.74, 6) is -0.285. The quantitative estimate of drug-likeness (QED) is 0.846. The predicted octanol–water partition coefficient (Wildman–Crippen LogP) is 3.81.